The maximum absolute atomic E-state index is 12.4. The van der Waals surface area contributed by atoms with Gasteiger partial charge in [-0.15, -0.1) is 11.3 Å². The van der Waals surface area contributed by atoms with Gasteiger partial charge in [0.1, 0.15) is 9.90 Å². The fourth-order valence-corrected chi connectivity index (χ4v) is 4.38. The molecule has 22 heavy (non-hydrogen) atoms. The van der Waals surface area contributed by atoms with Crippen LogP contribution in [0.3, 0.4) is 0 Å². The summed E-state index contributed by atoms with van der Waals surface area (Å²) in [7, 11) is -3.58. The number of benzene rings is 1. The molecule has 0 radical (unpaired) electrons. The summed E-state index contributed by atoms with van der Waals surface area (Å²) in [5.41, 5.74) is 3.25. The highest BCUT2D eigenvalue weighted by Gasteiger charge is 2.18. The van der Waals surface area contributed by atoms with Crippen LogP contribution in [0.15, 0.2) is 46.7 Å². The number of nitrogens with zero attached hydrogens (tertiary/aromatic N) is 1. The first-order valence-corrected chi connectivity index (χ1v) is 8.96. The summed E-state index contributed by atoms with van der Waals surface area (Å²) in [5.74, 6) is 0. The molecule has 0 saturated carbocycles. The highest BCUT2D eigenvalue weighted by Crippen LogP contribution is 2.30. The Kier molecular flexibility index (Phi) is 3.76. The lowest BCUT2D eigenvalue weighted by Gasteiger charge is -2.06. The number of anilines is 1. The van der Waals surface area contributed by atoms with Crippen LogP contribution in [0, 0.1) is 13.8 Å². The van der Waals surface area contributed by atoms with Crippen molar-refractivity contribution in [3.8, 4) is 10.6 Å². The van der Waals surface area contributed by atoms with E-state index in [9.17, 15) is 8.42 Å². The van der Waals surface area contributed by atoms with Crippen LogP contribution in [0.25, 0.3) is 10.6 Å². The molecule has 1 aromatic carbocycles. The molecule has 114 valence electrons. The van der Waals surface area contributed by atoms with E-state index in [1.54, 1.807) is 24.3 Å². The van der Waals surface area contributed by atoms with E-state index >= 15 is 0 Å². The summed E-state index contributed by atoms with van der Waals surface area (Å²) >= 11 is 1.20. The summed E-state index contributed by atoms with van der Waals surface area (Å²) in [6, 6.07) is 12.5. The fraction of sp³-hybridized carbons (Fsp3) is 0.133. The van der Waals surface area contributed by atoms with Crippen LogP contribution in [0.4, 0.5) is 5.69 Å². The zero-order chi connectivity index (χ0) is 15.7. The number of aromatic nitrogens is 2. The van der Waals surface area contributed by atoms with E-state index in [1.165, 1.54) is 11.3 Å². The van der Waals surface area contributed by atoms with Gasteiger partial charge in [-0.25, -0.2) is 8.42 Å². The van der Waals surface area contributed by atoms with Gasteiger partial charge < -0.3 is 0 Å². The van der Waals surface area contributed by atoms with Crippen molar-refractivity contribution in [3.05, 3.63) is 53.7 Å². The third-order valence-corrected chi connectivity index (χ3v) is 6.06. The van der Waals surface area contributed by atoms with E-state index < -0.39 is 10.0 Å². The lowest BCUT2D eigenvalue weighted by atomic mass is 10.2. The summed E-state index contributed by atoms with van der Waals surface area (Å²) < 4.78 is 27.7. The lowest BCUT2D eigenvalue weighted by molar-refractivity contribution is 0.603. The number of hydrogen-bond donors (Lipinski definition) is 2. The van der Waals surface area contributed by atoms with Crippen LogP contribution in [0.1, 0.15) is 11.3 Å². The molecular formula is C15H15N3O2S2. The second-order valence-electron chi connectivity index (χ2n) is 5.03. The highest BCUT2D eigenvalue weighted by atomic mass is 32.2. The summed E-state index contributed by atoms with van der Waals surface area (Å²) in [6.45, 7) is 3.82. The van der Waals surface area contributed by atoms with E-state index in [0.717, 1.165) is 21.8 Å². The van der Waals surface area contributed by atoms with Crippen LogP contribution < -0.4 is 4.72 Å². The Hall–Kier alpha value is -2.12. The summed E-state index contributed by atoms with van der Waals surface area (Å²) in [6.07, 6.45) is 0. The minimum Gasteiger partial charge on any atom is -0.282 e. The monoisotopic (exact) mass is 333 g/mol. The molecule has 0 spiro atoms. The second-order valence-corrected chi connectivity index (χ2v) is 8.02. The lowest BCUT2D eigenvalue weighted by Crippen LogP contribution is -2.11. The third-order valence-electron chi connectivity index (χ3n) is 3.07. The highest BCUT2D eigenvalue weighted by molar-refractivity contribution is 7.94. The predicted octanol–water partition coefficient (Wildman–Crippen LogP) is 3.56. The standard InChI is InChI=1S/C15H15N3O2S2/c1-10-4-3-5-12(8-10)18-22(19,20)15-7-6-14(21-15)13-9-11(2)16-17-13/h3-9,18H,1-2H3,(H,16,17). The quantitative estimate of drug-likeness (QED) is 0.766. The number of H-pyrrole nitrogens is 1. The molecule has 3 rings (SSSR count). The molecule has 2 N–H and O–H groups in total. The van der Waals surface area contributed by atoms with Crippen LogP contribution in [-0.2, 0) is 10.0 Å². The van der Waals surface area contributed by atoms with Crippen molar-refractivity contribution in [3.63, 3.8) is 0 Å². The van der Waals surface area contributed by atoms with Crippen molar-refractivity contribution >= 4 is 27.0 Å². The largest absolute Gasteiger partial charge is 0.282 e. The first-order valence-electron chi connectivity index (χ1n) is 6.66. The van der Waals surface area contributed by atoms with Crippen molar-refractivity contribution in [2.45, 2.75) is 18.1 Å². The zero-order valence-corrected chi connectivity index (χ0v) is 13.8. The van der Waals surface area contributed by atoms with Gasteiger partial charge in [-0.05, 0) is 49.7 Å². The fourth-order valence-electron chi connectivity index (χ4n) is 2.06. The number of aryl methyl sites for hydroxylation is 2. The Morgan fingerprint density at radius 1 is 1.14 bits per heavy atom. The van der Waals surface area contributed by atoms with E-state index in [0.29, 0.717) is 5.69 Å². The average molecular weight is 333 g/mol. The Morgan fingerprint density at radius 3 is 2.64 bits per heavy atom. The van der Waals surface area contributed by atoms with E-state index in [1.807, 2.05) is 32.0 Å². The van der Waals surface area contributed by atoms with Gasteiger partial charge in [0.2, 0.25) is 0 Å². The third kappa shape index (κ3) is 3.05. The molecule has 0 saturated heterocycles. The molecule has 2 heterocycles. The zero-order valence-electron chi connectivity index (χ0n) is 12.1. The van der Waals surface area contributed by atoms with E-state index in [-0.39, 0.29) is 4.21 Å². The molecule has 0 bridgehead atoms. The molecule has 0 aliphatic carbocycles. The number of thiophene rings is 1. The molecule has 0 fully saturated rings. The van der Waals surface area contributed by atoms with E-state index in [2.05, 4.69) is 14.9 Å². The normalized spacial score (nSPS) is 11.5. The molecule has 0 aliphatic rings. The van der Waals surface area contributed by atoms with Crippen LogP contribution in [-0.4, -0.2) is 18.6 Å². The SMILES string of the molecule is Cc1cccc(NS(=O)(=O)c2ccc(-c3cc(C)[nH]n3)s2)c1. The van der Waals surface area contributed by atoms with Crippen molar-refractivity contribution < 1.29 is 8.42 Å². The maximum atomic E-state index is 12.4. The number of nitrogens with one attached hydrogen (secondary N) is 2. The molecule has 0 amide bonds. The predicted molar refractivity (Wildman–Crippen MR) is 88.6 cm³/mol. The van der Waals surface area contributed by atoms with Crippen molar-refractivity contribution in [2.75, 3.05) is 4.72 Å². The molecule has 0 atom stereocenters. The minimum absolute atomic E-state index is 0.268. The van der Waals surface area contributed by atoms with Gasteiger partial charge in [-0.3, -0.25) is 9.82 Å². The molecule has 5 nitrogen and oxygen atoms in total. The van der Waals surface area contributed by atoms with Crippen LogP contribution in [0.2, 0.25) is 0 Å². The molecule has 2 aromatic heterocycles. The number of aromatic amines is 1. The second kappa shape index (κ2) is 5.58. The Bertz CT molecular complexity index is 910. The minimum atomic E-state index is -3.58. The Morgan fingerprint density at radius 2 is 1.95 bits per heavy atom. The molecule has 3 aromatic rings. The van der Waals surface area contributed by atoms with Gasteiger partial charge in [0.15, 0.2) is 0 Å². The van der Waals surface area contributed by atoms with Gasteiger partial charge in [0.25, 0.3) is 10.0 Å². The number of hydrogen-bond acceptors (Lipinski definition) is 4. The molecule has 0 aliphatic heterocycles. The van der Waals surface area contributed by atoms with Gasteiger partial charge in [0.05, 0.1) is 4.88 Å². The summed E-state index contributed by atoms with van der Waals surface area (Å²) in [5, 5.41) is 7.00. The Labute approximate surface area is 133 Å². The van der Waals surface area contributed by atoms with Gasteiger partial charge in [-0.2, -0.15) is 5.10 Å². The Balaban J connectivity index is 1.88. The van der Waals surface area contributed by atoms with Crippen molar-refractivity contribution in [1.29, 1.82) is 0 Å². The molecule has 0 unspecified atom stereocenters. The van der Waals surface area contributed by atoms with Crippen molar-refractivity contribution in [2.24, 2.45) is 0 Å². The molecular weight excluding hydrogens is 318 g/mol. The van der Waals surface area contributed by atoms with Crippen LogP contribution >= 0.6 is 11.3 Å². The smallest absolute Gasteiger partial charge is 0.271 e. The number of rotatable bonds is 4. The number of sulfonamides is 1. The first-order chi connectivity index (χ1) is 10.4. The van der Waals surface area contributed by atoms with Gasteiger partial charge in [0, 0.05) is 11.4 Å². The van der Waals surface area contributed by atoms with E-state index in [4.69, 9.17) is 0 Å². The van der Waals surface area contributed by atoms with Gasteiger partial charge >= 0.3 is 0 Å². The average Bonchev–Trinajstić information content (AvgIpc) is 3.06. The van der Waals surface area contributed by atoms with Gasteiger partial charge in [-0.1, -0.05) is 12.1 Å². The topological polar surface area (TPSA) is 74.8 Å². The first kappa shape index (κ1) is 14.8. The van der Waals surface area contributed by atoms with Crippen molar-refractivity contribution in [1.82, 2.24) is 10.2 Å². The summed E-state index contributed by atoms with van der Waals surface area (Å²) in [4.78, 5) is 0.814. The van der Waals surface area contributed by atoms with Crippen LogP contribution in [0.5, 0.6) is 0 Å². The molecule has 7 heteroatoms. The maximum Gasteiger partial charge on any atom is 0.271 e.